The molecule has 0 unspecified atom stereocenters. The van der Waals surface area contributed by atoms with E-state index in [0.717, 1.165) is 5.56 Å². The van der Waals surface area contributed by atoms with Crippen LogP contribution in [0.3, 0.4) is 0 Å². The van der Waals surface area contributed by atoms with E-state index in [0.29, 0.717) is 36.5 Å². The van der Waals surface area contributed by atoms with Gasteiger partial charge in [-0.05, 0) is 30.3 Å². The second-order valence-electron chi connectivity index (χ2n) is 5.83. The van der Waals surface area contributed by atoms with Crippen LogP contribution < -0.4 is 0 Å². The van der Waals surface area contributed by atoms with Gasteiger partial charge in [-0.15, -0.1) is 0 Å². The van der Waals surface area contributed by atoms with E-state index in [1.54, 1.807) is 41.6 Å². The van der Waals surface area contributed by atoms with Crippen molar-refractivity contribution in [3.63, 3.8) is 0 Å². The number of likely N-dealkylation sites (tertiary alicyclic amines) is 1. The van der Waals surface area contributed by atoms with Crippen LogP contribution in [-0.2, 0) is 0 Å². The minimum atomic E-state index is -1.08. The molecule has 5 heteroatoms. The van der Waals surface area contributed by atoms with Crippen molar-refractivity contribution in [1.82, 2.24) is 9.88 Å². The average Bonchev–Trinajstić information content (AvgIpc) is 2.61. The summed E-state index contributed by atoms with van der Waals surface area (Å²) in [6.07, 6.45) is 4.04. The number of rotatable bonds is 1. The van der Waals surface area contributed by atoms with Crippen LogP contribution in [0.25, 0.3) is 0 Å². The number of halogens is 1. The zero-order valence-corrected chi connectivity index (χ0v) is 13.8. The lowest BCUT2D eigenvalue weighted by Gasteiger charge is -2.35. The first-order chi connectivity index (χ1) is 11.6. The molecule has 2 heterocycles. The van der Waals surface area contributed by atoms with Crippen molar-refractivity contribution in [1.29, 1.82) is 0 Å². The predicted molar refractivity (Wildman–Crippen MR) is 92.7 cm³/mol. The number of hydrogen-bond acceptors (Lipinski definition) is 3. The van der Waals surface area contributed by atoms with Crippen molar-refractivity contribution in [2.24, 2.45) is 0 Å². The zero-order chi connectivity index (χ0) is 17.0. The average molecular weight is 341 g/mol. The van der Waals surface area contributed by atoms with E-state index in [1.165, 1.54) is 0 Å². The molecule has 4 nitrogen and oxygen atoms in total. The number of nitrogens with zero attached hydrogens (tertiary/aromatic N) is 2. The van der Waals surface area contributed by atoms with Gasteiger partial charge in [-0.2, -0.15) is 0 Å². The molecular weight excluding hydrogens is 324 g/mol. The number of pyridine rings is 1. The van der Waals surface area contributed by atoms with Gasteiger partial charge in [-0.25, -0.2) is 0 Å². The first kappa shape index (κ1) is 16.5. The molecule has 1 saturated heterocycles. The molecule has 1 aromatic heterocycles. The Balaban J connectivity index is 1.65. The largest absolute Gasteiger partial charge is 0.377 e. The molecule has 24 heavy (non-hydrogen) atoms. The van der Waals surface area contributed by atoms with Crippen LogP contribution in [-0.4, -0.2) is 39.6 Å². The molecule has 0 saturated carbocycles. The van der Waals surface area contributed by atoms with Gasteiger partial charge in [0.05, 0.1) is 5.56 Å². The maximum absolute atomic E-state index is 12.4. The Labute approximate surface area is 146 Å². The molecule has 0 atom stereocenters. The summed E-state index contributed by atoms with van der Waals surface area (Å²) < 4.78 is 0. The molecule has 1 fully saturated rings. The second kappa shape index (κ2) is 7.04. The third kappa shape index (κ3) is 3.94. The summed E-state index contributed by atoms with van der Waals surface area (Å²) in [7, 11) is 0. The van der Waals surface area contributed by atoms with Crippen molar-refractivity contribution in [3.05, 3.63) is 64.9 Å². The topological polar surface area (TPSA) is 53.4 Å². The Morgan fingerprint density at radius 1 is 1.25 bits per heavy atom. The monoisotopic (exact) mass is 340 g/mol. The first-order valence-electron chi connectivity index (χ1n) is 7.76. The minimum absolute atomic E-state index is 0.0621. The molecule has 3 rings (SSSR count). The van der Waals surface area contributed by atoms with Gasteiger partial charge in [0.1, 0.15) is 5.60 Å². The molecule has 1 N–H and O–H groups in total. The highest BCUT2D eigenvalue weighted by Crippen LogP contribution is 2.23. The summed E-state index contributed by atoms with van der Waals surface area (Å²) in [5.41, 5.74) is 0.256. The van der Waals surface area contributed by atoms with Gasteiger partial charge in [0.25, 0.3) is 5.91 Å². The van der Waals surface area contributed by atoms with Crippen molar-refractivity contribution >= 4 is 17.5 Å². The highest BCUT2D eigenvalue weighted by atomic mass is 35.5. The number of aliphatic hydroxyl groups is 1. The Bertz CT molecular complexity index is 788. The van der Waals surface area contributed by atoms with Gasteiger partial charge in [0.15, 0.2) is 0 Å². The summed E-state index contributed by atoms with van der Waals surface area (Å²) >= 11 is 5.93. The van der Waals surface area contributed by atoms with Crippen LogP contribution in [0.5, 0.6) is 0 Å². The van der Waals surface area contributed by atoms with E-state index in [4.69, 9.17) is 11.6 Å². The van der Waals surface area contributed by atoms with Crippen LogP contribution in [0.15, 0.2) is 48.8 Å². The maximum Gasteiger partial charge on any atom is 0.255 e. The number of carbonyl (C=O) groups excluding carboxylic acids is 1. The summed E-state index contributed by atoms with van der Waals surface area (Å²) in [4.78, 5) is 18.1. The standard InChI is InChI=1S/C19H17ClN2O2/c20-17-5-1-3-15(13-17)6-7-19(24)8-11-22(12-9-19)18(23)16-4-2-10-21-14-16/h1-5,10,13-14,24H,8-9,11-12H2. The van der Waals surface area contributed by atoms with Gasteiger partial charge in [-0.3, -0.25) is 9.78 Å². The molecular formula is C19H17ClN2O2. The van der Waals surface area contributed by atoms with E-state index in [2.05, 4.69) is 16.8 Å². The highest BCUT2D eigenvalue weighted by Gasteiger charge is 2.32. The summed E-state index contributed by atoms with van der Waals surface area (Å²) in [6, 6.07) is 10.7. The molecule has 2 aromatic rings. The van der Waals surface area contributed by atoms with Gasteiger partial charge < -0.3 is 10.0 Å². The van der Waals surface area contributed by atoms with Gasteiger partial charge in [0.2, 0.25) is 0 Å². The summed E-state index contributed by atoms with van der Waals surface area (Å²) in [5, 5.41) is 11.2. The summed E-state index contributed by atoms with van der Waals surface area (Å²) in [6.45, 7) is 0.933. The summed E-state index contributed by atoms with van der Waals surface area (Å²) in [5.74, 6) is 5.85. The number of carbonyl (C=O) groups is 1. The van der Waals surface area contributed by atoms with Gasteiger partial charge >= 0.3 is 0 Å². The van der Waals surface area contributed by atoms with Crippen LogP contribution in [0.4, 0.5) is 0 Å². The van der Waals surface area contributed by atoms with Crippen molar-refractivity contribution < 1.29 is 9.90 Å². The van der Waals surface area contributed by atoms with Crippen LogP contribution in [0, 0.1) is 11.8 Å². The van der Waals surface area contributed by atoms with Crippen LogP contribution >= 0.6 is 11.6 Å². The fourth-order valence-electron chi connectivity index (χ4n) is 2.63. The number of amides is 1. The maximum atomic E-state index is 12.4. The Hall–Kier alpha value is -2.35. The molecule has 1 aliphatic heterocycles. The molecule has 0 aliphatic carbocycles. The Kier molecular flexibility index (Phi) is 4.84. The fourth-order valence-corrected chi connectivity index (χ4v) is 2.82. The van der Waals surface area contributed by atoms with Crippen molar-refractivity contribution in [2.75, 3.05) is 13.1 Å². The molecule has 1 aliphatic rings. The first-order valence-corrected chi connectivity index (χ1v) is 8.14. The number of hydrogen-bond donors (Lipinski definition) is 1. The third-order valence-corrected chi connectivity index (χ3v) is 4.29. The van der Waals surface area contributed by atoms with E-state index in [1.807, 2.05) is 12.1 Å². The lowest BCUT2D eigenvalue weighted by Crippen LogP contribution is -2.46. The van der Waals surface area contributed by atoms with Gasteiger partial charge in [-0.1, -0.05) is 29.5 Å². The van der Waals surface area contributed by atoms with E-state index < -0.39 is 5.60 Å². The molecule has 0 radical (unpaired) electrons. The van der Waals surface area contributed by atoms with Crippen LogP contribution in [0.1, 0.15) is 28.8 Å². The quantitative estimate of drug-likeness (QED) is 0.812. The predicted octanol–water partition coefficient (Wildman–Crippen LogP) is 2.75. The zero-order valence-electron chi connectivity index (χ0n) is 13.1. The second-order valence-corrected chi connectivity index (χ2v) is 6.26. The number of aromatic nitrogens is 1. The minimum Gasteiger partial charge on any atom is -0.377 e. The Morgan fingerprint density at radius 3 is 2.71 bits per heavy atom. The normalized spacial score (nSPS) is 16.2. The van der Waals surface area contributed by atoms with Crippen molar-refractivity contribution in [3.8, 4) is 11.8 Å². The number of piperidine rings is 1. The van der Waals surface area contributed by atoms with Crippen molar-refractivity contribution in [2.45, 2.75) is 18.4 Å². The lowest BCUT2D eigenvalue weighted by molar-refractivity contribution is 0.0249. The van der Waals surface area contributed by atoms with E-state index in [-0.39, 0.29) is 5.91 Å². The highest BCUT2D eigenvalue weighted by molar-refractivity contribution is 6.30. The number of benzene rings is 1. The smallest absolute Gasteiger partial charge is 0.255 e. The molecule has 1 amide bonds. The molecule has 122 valence electrons. The molecule has 0 bridgehead atoms. The SMILES string of the molecule is O=C(c1cccnc1)N1CCC(O)(C#Cc2cccc(Cl)c2)CC1. The lowest BCUT2D eigenvalue weighted by atomic mass is 9.91. The molecule has 1 aromatic carbocycles. The Morgan fingerprint density at radius 2 is 2.04 bits per heavy atom. The molecule has 0 spiro atoms. The third-order valence-electron chi connectivity index (χ3n) is 4.05. The van der Waals surface area contributed by atoms with Gasteiger partial charge in [0, 0.05) is 48.9 Å². The van der Waals surface area contributed by atoms with E-state index >= 15 is 0 Å². The van der Waals surface area contributed by atoms with Crippen LogP contribution in [0.2, 0.25) is 5.02 Å². The van der Waals surface area contributed by atoms with E-state index in [9.17, 15) is 9.90 Å². The fraction of sp³-hybridized carbons (Fsp3) is 0.263.